The molecular formula is C13H20N2O3. The van der Waals surface area contributed by atoms with E-state index < -0.39 is 12.0 Å². The van der Waals surface area contributed by atoms with Gasteiger partial charge in [-0.2, -0.15) is 0 Å². The molecule has 100 valence electrons. The Labute approximate surface area is 107 Å². The maximum Gasteiger partial charge on any atom is 0.322 e. The highest BCUT2D eigenvalue weighted by Crippen LogP contribution is 2.11. The molecule has 0 fully saturated rings. The van der Waals surface area contributed by atoms with Crippen LogP contribution in [0.15, 0.2) is 24.3 Å². The van der Waals surface area contributed by atoms with Gasteiger partial charge in [0.2, 0.25) is 0 Å². The largest absolute Gasteiger partial charge is 0.492 e. The second kappa shape index (κ2) is 6.98. The summed E-state index contributed by atoms with van der Waals surface area (Å²) in [6.07, 6.45) is 0. The van der Waals surface area contributed by atoms with Crippen molar-refractivity contribution in [1.29, 1.82) is 0 Å². The summed E-state index contributed by atoms with van der Waals surface area (Å²) in [5.74, 6) is -0.173. The molecule has 5 nitrogen and oxygen atoms in total. The first kappa shape index (κ1) is 14.5. The van der Waals surface area contributed by atoms with E-state index in [9.17, 15) is 4.79 Å². The lowest BCUT2D eigenvalue weighted by molar-refractivity contribution is -0.139. The third-order valence-electron chi connectivity index (χ3n) is 2.54. The molecule has 1 rings (SSSR count). The van der Waals surface area contributed by atoms with Crippen molar-refractivity contribution in [3.05, 3.63) is 29.8 Å². The molecule has 4 N–H and O–H groups in total. The van der Waals surface area contributed by atoms with Crippen LogP contribution in [0.3, 0.4) is 0 Å². The minimum absolute atomic E-state index is 0.0597. The van der Waals surface area contributed by atoms with Crippen molar-refractivity contribution in [2.75, 3.05) is 13.2 Å². The number of hydrogen-bond donors (Lipinski definition) is 3. The fourth-order valence-corrected chi connectivity index (χ4v) is 1.49. The molecule has 0 saturated heterocycles. The topological polar surface area (TPSA) is 84.6 Å². The van der Waals surface area contributed by atoms with E-state index in [2.05, 4.69) is 5.32 Å². The first-order valence-electron chi connectivity index (χ1n) is 5.91. The van der Waals surface area contributed by atoms with E-state index >= 15 is 0 Å². The summed E-state index contributed by atoms with van der Waals surface area (Å²) in [5, 5.41) is 11.8. The Morgan fingerprint density at radius 1 is 1.44 bits per heavy atom. The molecule has 0 amide bonds. The Morgan fingerprint density at radius 3 is 2.56 bits per heavy atom. The third kappa shape index (κ3) is 4.73. The van der Waals surface area contributed by atoms with Gasteiger partial charge >= 0.3 is 5.97 Å². The highest BCUT2D eigenvalue weighted by atomic mass is 16.5. The molecule has 0 aliphatic heterocycles. The number of benzene rings is 1. The van der Waals surface area contributed by atoms with Gasteiger partial charge in [0, 0.05) is 12.6 Å². The summed E-state index contributed by atoms with van der Waals surface area (Å²) < 4.78 is 5.55. The zero-order valence-electron chi connectivity index (χ0n) is 10.7. The van der Waals surface area contributed by atoms with Crippen molar-refractivity contribution in [2.24, 2.45) is 5.73 Å². The Kier molecular flexibility index (Phi) is 5.61. The van der Waals surface area contributed by atoms with E-state index in [-0.39, 0.29) is 12.6 Å². The van der Waals surface area contributed by atoms with Crippen molar-refractivity contribution in [3.8, 4) is 5.75 Å². The van der Waals surface area contributed by atoms with Gasteiger partial charge in [-0.05, 0) is 26.0 Å². The van der Waals surface area contributed by atoms with Crippen LogP contribution < -0.4 is 15.8 Å². The summed E-state index contributed by atoms with van der Waals surface area (Å²) >= 11 is 0. The van der Waals surface area contributed by atoms with Crippen LogP contribution in [0.2, 0.25) is 0 Å². The van der Waals surface area contributed by atoms with Gasteiger partial charge in [-0.1, -0.05) is 17.7 Å². The van der Waals surface area contributed by atoms with E-state index in [4.69, 9.17) is 15.6 Å². The quantitative estimate of drug-likeness (QED) is 0.667. The number of nitrogens with one attached hydrogen (secondary N) is 1. The lowest BCUT2D eigenvalue weighted by atomic mass is 10.2. The van der Waals surface area contributed by atoms with Gasteiger partial charge in [-0.25, -0.2) is 0 Å². The molecule has 1 aromatic rings. The summed E-state index contributed by atoms with van der Waals surface area (Å²) in [6, 6.07) is 6.89. The smallest absolute Gasteiger partial charge is 0.322 e. The monoisotopic (exact) mass is 252 g/mol. The number of nitrogens with two attached hydrogens (primary N) is 1. The van der Waals surface area contributed by atoms with Crippen molar-refractivity contribution >= 4 is 5.97 Å². The second-order valence-electron chi connectivity index (χ2n) is 4.32. The van der Waals surface area contributed by atoms with E-state index in [1.807, 2.05) is 38.1 Å². The molecule has 5 heteroatoms. The molecule has 0 spiro atoms. The molecule has 0 aromatic heterocycles. The van der Waals surface area contributed by atoms with Gasteiger partial charge in [0.25, 0.3) is 0 Å². The number of ether oxygens (including phenoxy) is 1. The molecule has 0 bridgehead atoms. The number of rotatable bonds is 7. The minimum Gasteiger partial charge on any atom is -0.492 e. The number of carbonyl (C=O) groups is 1. The standard InChI is InChI=1S/C13H20N2O3/c1-9-3-5-11(6-4-9)18-8-10(2)15-12(7-14)13(16)17/h3-6,10,12,15H,7-8,14H2,1-2H3,(H,16,17). The van der Waals surface area contributed by atoms with Crippen LogP contribution >= 0.6 is 0 Å². The fourth-order valence-electron chi connectivity index (χ4n) is 1.49. The van der Waals surface area contributed by atoms with Crippen molar-refractivity contribution in [1.82, 2.24) is 5.32 Å². The molecule has 2 atom stereocenters. The highest BCUT2D eigenvalue weighted by Gasteiger charge is 2.17. The third-order valence-corrected chi connectivity index (χ3v) is 2.54. The van der Waals surface area contributed by atoms with Crippen molar-refractivity contribution in [2.45, 2.75) is 25.9 Å². The zero-order valence-corrected chi connectivity index (χ0v) is 10.7. The summed E-state index contributed by atoms with van der Waals surface area (Å²) in [6.45, 7) is 4.32. The minimum atomic E-state index is -0.945. The molecule has 0 aliphatic rings. The normalized spacial score (nSPS) is 13.9. The summed E-state index contributed by atoms with van der Waals surface area (Å²) in [7, 11) is 0. The lowest BCUT2D eigenvalue weighted by Crippen LogP contribution is -2.48. The number of hydrogen-bond acceptors (Lipinski definition) is 4. The van der Waals surface area contributed by atoms with Crippen LogP contribution in [0.25, 0.3) is 0 Å². The highest BCUT2D eigenvalue weighted by molar-refractivity contribution is 5.73. The van der Waals surface area contributed by atoms with Crippen LogP contribution in [0, 0.1) is 6.92 Å². The molecule has 18 heavy (non-hydrogen) atoms. The second-order valence-corrected chi connectivity index (χ2v) is 4.32. The Morgan fingerprint density at radius 2 is 2.06 bits per heavy atom. The first-order valence-corrected chi connectivity index (χ1v) is 5.91. The van der Waals surface area contributed by atoms with Crippen LogP contribution in [-0.2, 0) is 4.79 Å². The Hall–Kier alpha value is -1.59. The van der Waals surface area contributed by atoms with Crippen LogP contribution in [-0.4, -0.2) is 36.3 Å². The van der Waals surface area contributed by atoms with Crippen LogP contribution in [0.5, 0.6) is 5.75 Å². The van der Waals surface area contributed by atoms with Gasteiger partial charge < -0.3 is 15.6 Å². The first-order chi connectivity index (χ1) is 8.52. The molecule has 0 aliphatic carbocycles. The summed E-state index contributed by atoms with van der Waals surface area (Å²) in [4.78, 5) is 10.8. The number of carboxylic acid groups (broad SMARTS) is 1. The Bertz CT molecular complexity index is 378. The summed E-state index contributed by atoms with van der Waals surface area (Å²) in [5.41, 5.74) is 6.53. The average molecular weight is 252 g/mol. The van der Waals surface area contributed by atoms with Gasteiger partial charge in [-0.3, -0.25) is 10.1 Å². The van der Waals surface area contributed by atoms with E-state index in [0.29, 0.717) is 6.61 Å². The van der Waals surface area contributed by atoms with E-state index in [1.165, 1.54) is 5.56 Å². The molecule has 0 radical (unpaired) electrons. The molecule has 2 unspecified atom stereocenters. The van der Waals surface area contributed by atoms with Crippen LogP contribution in [0.4, 0.5) is 0 Å². The van der Waals surface area contributed by atoms with Crippen molar-refractivity contribution < 1.29 is 14.6 Å². The van der Waals surface area contributed by atoms with E-state index in [0.717, 1.165) is 5.75 Å². The van der Waals surface area contributed by atoms with Gasteiger partial charge in [0.15, 0.2) is 0 Å². The fraction of sp³-hybridized carbons (Fsp3) is 0.462. The van der Waals surface area contributed by atoms with E-state index in [1.54, 1.807) is 0 Å². The number of aryl methyl sites for hydroxylation is 1. The lowest BCUT2D eigenvalue weighted by Gasteiger charge is -2.19. The average Bonchev–Trinajstić information content (AvgIpc) is 2.35. The molecule has 1 aromatic carbocycles. The molecule has 0 heterocycles. The van der Waals surface area contributed by atoms with Gasteiger partial charge in [0.1, 0.15) is 18.4 Å². The zero-order chi connectivity index (χ0) is 13.5. The predicted octanol–water partition coefficient (Wildman–Crippen LogP) is 0.764. The SMILES string of the molecule is Cc1ccc(OCC(C)NC(CN)C(=O)O)cc1. The van der Waals surface area contributed by atoms with Crippen LogP contribution in [0.1, 0.15) is 12.5 Å². The van der Waals surface area contributed by atoms with Gasteiger partial charge in [0.05, 0.1) is 0 Å². The van der Waals surface area contributed by atoms with Gasteiger partial charge in [-0.15, -0.1) is 0 Å². The number of carboxylic acids is 1. The van der Waals surface area contributed by atoms with Crippen molar-refractivity contribution in [3.63, 3.8) is 0 Å². The maximum atomic E-state index is 10.8. The Balaban J connectivity index is 2.38. The maximum absolute atomic E-state index is 10.8. The molecule has 0 saturated carbocycles. The number of aliphatic carboxylic acids is 1. The predicted molar refractivity (Wildman–Crippen MR) is 69.7 cm³/mol. The molecular weight excluding hydrogens is 232 g/mol.